The number of amides is 1. The number of piperazine rings is 1. The minimum atomic E-state index is -0.337. The molecule has 0 saturated carbocycles. The number of nitrogens with one attached hydrogen (secondary N) is 2. The fraction of sp³-hybridized carbons (Fsp3) is 0.233. The Morgan fingerprint density at radius 2 is 1.55 bits per heavy atom. The van der Waals surface area contributed by atoms with Gasteiger partial charge < -0.3 is 25.2 Å². The van der Waals surface area contributed by atoms with Crippen molar-refractivity contribution in [3.63, 3.8) is 0 Å². The van der Waals surface area contributed by atoms with Crippen molar-refractivity contribution >= 4 is 28.9 Å². The molecule has 194 valence electrons. The molecule has 5 rings (SSSR count). The number of aromatic nitrogens is 2. The van der Waals surface area contributed by atoms with Crippen LogP contribution in [0.25, 0.3) is 0 Å². The van der Waals surface area contributed by atoms with Gasteiger partial charge in [0.2, 0.25) is 11.8 Å². The first kappa shape index (κ1) is 25.2. The number of ether oxygens (including phenoxy) is 1. The van der Waals surface area contributed by atoms with E-state index >= 15 is 0 Å². The van der Waals surface area contributed by atoms with Gasteiger partial charge in [0.05, 0.1) is 0 Å². The van der Waals surface area contributed by atoms with Crippen molar-refractivity contribution < 1.29 is 9.53 Å². The number of hydrogen-bond donors (Lipinski definition) is 2. The largest absolute Gasteiger partial charge is 0.438 e. The third-order valence-electron chi connectivity index (χ3n) is 6.67. The van der Waals surface area contributed by atoms with Crippen LogP contribution >= 0.6 is 0 Å². The van der Waals surface area contributed by atoms with Gasteiger partial charge in [-0.25, -0.2) is 4.98 Å². The lowest BCUT2D eigenvalue weighted by Crippen LogP contribution is -2.44. The van der Waals surface area contributed by atoms with E-state index in [0.717, 1.165) is 48.7 Å². The monoisotopic (exact) mass is 508 g/mol. The van der Waals surface area contributed by atoms with Gasteiger partial charge in [-0.3, -0.25) is 4.79 Å². The number of carbonyl (C=O) groups excluding carboxylic acids is 1. The normalized spacial score (nSPS) is 13.7. The molecule has 1 saturated heterocycles. The summed E-state index contributed by atoms with van der Waals surface area (Å²) >= 11 is 0. The molecule has 1 aliphatic rings. The number of carbonyl (C=O) groups is 1. The summed E-state index contributed by atoms with van der Waals surface area (Å²) in [6.45, 7) is 8.06. The van der Waals surface area contributed by atoms with Crippen LogP contribution in [-0.4, -0.2) is 54.0 Å². The Kier molecular flexibility index (Phi) is 7.51. The van der Waals surface area contributed by atoms with Crippen molar-refractivity contribution in [1.82, 2.24) is 14.9 Å². The van der Waals surface area contributed by atoms with Gasteiger partial charge >= 0.3 is 0 Å². The SMILES string of the molecule is Cc1cccc(C)c1NC(=O)c1cnc(Nc2ccc(N3CCN(C)CC3)cc2)nc1Oc1ccccc1. The lowest BCUT2D eigenvalue weighted by molar-refractivity contribution is 0.102. The summed E-state index contributed by atoms with van der Waals surface area (Å²) in [6, 6.07) is 23.4. The standard InChI is InChI=1S/C30H32N6O2/c1-21-8-7-9-22(2)27(21)33-28(37)26-20-31-30(34-29(26)38-25-10-5-4-6-11-25)32-23-12-14-24(15-13-23)36-18-16-35(3)17-19-36/h4-15,20H,16-19H2,1-3H3,(H,33,37)(H,31,32,34). The third-order valence-corrected chi connectivity index (χ3v) is 6.67. The minimum Gasteiger partial charge on any atom is -0.438 e. The molecule has 0 aliphatic carbocycles. The van der Waals surface area contributed by atoms with E-state index in [2.05, 4.69) is 49.6 Å². The van der Waals surface area contributed by atoms with Gasteiger partial charge in [-0.05, 0) is 68.4 Å². The molecule has 4 aromatic rings. The molecule has 2 N–H and O–H groups in total. The molecule has 1 aromatic heterocycles. The number of aryl methyl sites for hydroxylation is 2. The molecule has 1 fully saturated rings. The average Bonchev–Trinajstić information content (AvgIpc) is 2.92. The first-order chi connectivity index (χ1) is 18.5. The van der Waals surface area contributed by atoms with E-state index in [4.69, 9.17) is 4.74 Å². The van der Waals surface area contributed by atoms with E-state index in [-0.39, 0.29) is 17.4 Å². The van der Waals surface area contributed by atoms with Crippen LogP contribution < -0.4 is 20.3 Å². The van der Waals surface area contributed by atoms with Gasteiger partial charge in [0.1, 0.15) is 11.3 Å². The van der Waals surface area contributed by atoms with Crippen LogP contribution in [-0.2, 0) is 0 Å². The molecule has 0 radical (unpaired) electrons. The lowest BCUT2D eigenvalue weighted by Gasteiger charge is -2.34. The van der Waals surface area contributed by atoms with Crippen LogP contribution in [0, 0.1) is 13.8 Å². The summed E-state index contributed by atoms with van der Waals surface area (Å²) in [6.07, 6.45) is 1.50. The van der Waals surface area contributed by atoms with E-state index in [1.165, 1.54) is 11.9 Å². The molecular weight excluding hydrogens is 476 g/mol. The zero-order valence-corrected chi connectivity index (χ0v) is 21.9. The third kappa shape index (κ3) is 5.92. The van der Waals surface area contributed by atoms with Gasteiger partial charge in [-0.1, -0.05) is 36.4 Å². The highest BCUT2D eigenvalue weighted by molar-refractivity contribution is 6.06. The Morgan fingerprint density at radius 1 is 0.868 bits per heavy atom. The van der Waals surface area contributed by atoms with E-state index in [1.807, 2.05) is 74.5 Å². The molecular formula is C30H32N6O2. The first-order valence-electron chi connectivity index (χ1n) is 12.7. The van der Waals surface area contributed by atoms with Crippen LogP contribution in [0.2, 0.25) is 0 Å². The van der Waals surface area contributed by atoms with Crippen LogP contribution in [0.1, 0.15) is 21.5 Å². The summed E-state index contributed by atoms with van der Waals surface area (Å²) < 4.78 is 6.05. The van der Waals surface area contributed by atoms with Gasteiger partial charge in [0, 0.05) is 49.4 Å². The number of hydrogen-bond acceptors (Lipinski definition) is 7. The van der Waals surface area contributed by atoms with Gasteiger partial charge in [-0.2, -0.15) is 4.98 Å². The summed E-state index contributed by atoms with van der Waals surface area (Å²) in [4.78, 5) is 27.0. The van der Waals surface area contributed by atoms with Crippen molar-refractivity contribution in [3.05, 3.63) is 95.7 Å². The van der Waals surface area contributed by atoms with E-state index < -0.39 is 0 Å². The predicted molar refractivity (Wildman–Crippen MR) is 152 cm³/mol. The number of nitrogens with zero attached hydrogens (tertiary/aromatic N) is 4. The molecule has 8 heteroatoms. The van der Waals surface area contributed by atoms with Gasteiger partial charge in [0.15, 0.2) is 0 Å². The highest BCUT2D eigenvalue weighted by Crippen LogP contribution is 2.28. The van der Waals surface area contributed by atoms with Gasteiger partial charge in [-0.15, -0.1) is 0 Å². The molecule has 2 heterocycles. The lowest BCUT2D eigenvalue weighted by atomic mass is 10.1. The maximum Gasteiger partial charge on any atom is 0.262 e. The van der Waals surface area contributed by atoms with Gasteiger partial charge in [0.25, 0.3) is 5.91 Å². The molecule has 38 heavy (non-hydrogen) atoms. The van der Waals surface area contributed by atoms with E-state index in [1.54, 1.807) is 0 Å². The first-order valence-corrected chi connectivity index (χ1v) is 12.7. The highest BCUT2D eigenvalue weighted by atomic mass is 16.5. The molecule has 1 amide bonds. The summed E-state index contributed by atoms with van der Waals surface area (Å²) in [7, 11) is 2.15. The molecule has 8 nitrogen and oxygen atoms in total. The molecule has 1 aliphatic heterocycles. The minimum absolute atomic E-state index is 0.173. The second-order valence-corrected chi connectivity index (χ2v) is 9.51. The predicted octanol–water partition coefficient (Wildman–Crippen LogP) is 5.63. The fourth-order valence-corrected chi connectivity index (χ4v) is 4.40. The average molecular weight is 509 g/mol. The zero-order valence-electron chi connectivity index (χ0n) is 21.9. The topological polar surface area (TPSA) is 82.6 Å². The Bertz CT molecular complexity index is 1380. The van der Waals surface area contributed by atoms with Crippen molar-refractivity contribution in [3.8, 4) is 11.6 Å². The Balaban J connectivity index is 1.38. The molecule has 0 spiro atoms. The van der Waals surface area contributed by atoms with Crippen LogP contribution in [0.3, 0.4) is 0 Å². The number of anilines is 4. The maximum absolute atomic E-state index is 13.3. The van der Waals surface area contributed by atoms with Crippen molar-refractivity contribution in [1.29, 1.82) is 0 Å². The van der Waals surface area contributed by atoms with Crippen LogP contribution in [0.5, 0.6) is 11.6 Å². The second kappa shape index (κ2) is 11.3. The Labute approximate surface area is 223 Å². The number of rotatable bonds is 7. The van der Waals surface area contributed by atoms with Crippen molar-refractivity contribution in [2.75, 3.05) is 48.8 Å². The Hall–Kier alpha value is -4.43. The van der Waals surface area contributed by atoms with Crippen molar-refractivity contribution in [2.24, 2.45) is 0 Å². The second-order valence-electron chi connectivity index (χ2n) is 9.51. The maximum atomic E-state index is 13.3. The van der Waals surface area contributed by atoms with Crippen molar-refractivity contribution in [2.45, 2.75) is 13.8 Å². The Morgan fingerprint density at radius 3 is 2.24 bits per heavy atom. The molecule has 3 aromatic carbocycles. The van der Waals surface area contributed by atoms with E-state index in [9.17, 15) is 4.79 Å². The van der Waals surface area contributed by atoms with E-state index in [0.29, 0.717) is 11.7 Å². The zero-order chi connectivity index (χ0) is 26.5. The number of likely N-dealkylation sites (N-methyl/N-ethyl adjacent to an activating group) is 1. The fourth-order valence-electron chi connectivity index (χ4n) is 4.40. The van der Waals surface area contributed by atoms with Crippen LogP contribution in [0.4, 0.5) is 23.0 Å². The smallest absolute Gasteiger partial charge is 0.262 e. The summed E-state index contributed by atoms with van der Waals surface area (Å²) in [5.74, 6) is 0.754. The molecule has 0 atom stereocenters. The van der Waals surface area contributed by atoms with Crippen LogP contribution in [0.15, 0.2) is 79.0 Å². The highest BCUT2D eigenvalue weighted by Gasteiger charge is 2.19. The molecule has 0 bridgehead atoms. The number of para-hydroxylation sites is 2. The quantitative estimate of drug-likeness (QED) is 0.335. The summed E-state index contributed by atoms with van der Waals surface area (Å²) in [5.41, 5.74) is 5.00. The number of benzene rings is 3. The summed E-state index contributed by atoms with van der Waals surface area (Å²) in [5, 5.41) is 6.24. The molecule has 0 unspecified atom stereocenters.